The van der Waals surface area contributed by atoms with Gasteiger partial charge in [0.2, 0.25) is 5.91 Å². The maximum Gasteiger partial charge on any atom is 0.223 e. The molecule has 3 aliphatic rings. The monoisotopic (exact) mass is 343 g/mol. The first-order valence-corrected chi connectivity index (χ1v) is 9.95. The second-order valence-electron chi connectivity index (χ2n) is 8.03. The fourth-order valence-electron chi connectivity index (χ4n) is 4.59. The molecule has 2 aliphatic carbocycles. The van der Waals surface area contributed by atoms with Gasteiger partial charge in [0.25, 0.3) is 0 Å². The van der Waals surface area contributed by atoms with E-state index in [4.69, 9.17) is 4.74 Å². The van der Waals surface area contributed by atoms with E-state index in [1.165, 1.54) is 36.8 Å². The Morgan fingerprint density at radius 3 is 2.64 bits per heavy atom. The molecule has 1 aromatic rings. The summed E-state index contributed by atoms with van der Waals surface area (Å²) < 4.78 is 5.61. The summed E-state index contributed by atoms with van der Waals surface area (Å²) in [6, 6.07) is 6.35. The topological polar surface area (TPSA) is 58.6 Å². The first kappa shape index (κ1) is 16.9. The molecule has 0 spiro atoms. The van der Waals surface area contributed by atoms with Gasteiger partial charge in [-0.05, 0) is 54.9 Å². The van der Waals surface area contributed by atoms with Gasteiger partial charge >= 0.3 is 0 Å². The molecule has 1 aliphatic heterocycles. The van der Waals surface area contributed by atoms with Gasteiger partial charge in [0, 0.05) is 12.3 Å². The van der Waals surface area contributed by atoms with Crippen LogP contribution in [0.5, 0.6) is 5.75 Å². The SMILES string of the molecule is O=C(N[C@@H](c1ccc2c(c1)CCO2)C1CC(O)C1)C1CCCCCC1. The number of aliphatic hydroxyl groups is 1. The number of fused-ring (bicyclic) bond motifs is 1. The van der Waals surface area contributed by atoms with Crippen LogP contribution in [0.1, 0.15) is 68.5 Å². The standard InChI is InChI=1S/C21H29NO3/c23-18-12-17(13-18)20(16-7-8-19-15(11-16)9-10-25-19)22-21(24)14-5-3-1-2-4-6-14/h7-8,11,14,17-18,20,23H,1-6,9-10,12-13H2,(H,22,24)/t17?,18?,20-/m0/s1. The molecule has 1 aromatic carbocycles. The molecule has 4 rings (SSSR count). The average Bonchev–Trinajstić information content (AvgIpc) is 2.88. The van der Waals surface area contributed by atoms with E-state index >= 15 is 0 Å². The second-order valence-corrected chi connectivity index (χ2v) is 8.03. The van der Waals surface area contributed by atoms with Crippen molar-refractivity contribution in [1.29, 1.82) is 0 Å². The molecule has 1 amide bonds. The number of carbonyl (C=O) groups excluding carboxylic acids is 1. The third-order valence-electron chi connectivity index (χ3n) is 6.22. The highest BCUT2D eigenvalue weighted by Crippen LogP contribution is 2.40. The van der Waals surface area contributed by atoms with Gasteiger partial charge in [0.15, 0.2) is 0 Å². The van der Waals surface area contributed by atoms with Gasteiger partial charge in [0.1, 0.15) is 5.75 Å². The van der Waals surface area contributed by atoms with Crippen LogP contribution in [0.2, 0.25) is 0 Å². The highest BCUT2D eigenvalue weighted by molar-refractivity contribution is 5.79. The molecule has 0 saturated heterocycles. The van der Waals surface area contributed by atoms with E-state index < -0.39 is 0 Å². The van der Waals surface area contributed by atoms with Crippen molar-refractivity contribution in [1.82, 2.24) is 5.32 Å². The van der Waals surface area contributed by atoms with Crippen LogP contribution in [0, 0.1) is 11.8 Å². The van der Waals surface area contributed by atoms with Crippen LogP contribution < -0.4 is 10.1 Å². The number of carbonyl (C=O) groups is 1. The number of amides is 1. The molecule has 4 heteroatoms. The highest BCUT2D eigenvalue weighted by Gasteiger charge is 2.37. The largest absolute Gasteiger partial charge is 0.493 e. The van der Waals surface area contributed by atoms with Gasteiger partial charge in [-0.25, -0.2) is 0 Å². The van der Waals surface area contributed by atoms with Gasteiger partial charge in [0.05, 0.1) is 18.8 Å². The van der Waals surface area contributed by atoms with Crippen LogP contribution >= 0.6 is 0 Å². The van der Waals surface area contributed by atoms with Crippen LogP contribution in [0.25, 0.3) is 0 Å². The van der Waals surface area contributed by atoms with E-state index in [1.54, 1.807) is 0 Å². The van der Waals surface area contributed by atoms with E-state index in [-0.39, 0.29) is 24.0 Å². The van der Waals surface area contributed by atoms with Crippen LogP contribution in [0.3, 0.4) is 0 Å². The lowest BCUT2D eigenvalue weighted by molar-refractivity contribution is -0.127. The van der Waals surface area contributed by atoms with Crippen LogP contribution in [-0.4, -0.2) is 23.7 Å². The third kappa shape index (κ3) is 3.69. The summed E-state index contributed by atoms with van der Waals surface area (Å²) in [5.74, 6) is 1.69. The van der Waals surface area contributed by atoms with Crippen LogP contribution in [0.15, 0.2) is 18.2 Å². The Kier molecular flexibility index (Phi) is 4.98. The number of ether oxygens (including phenoxy) is 1. The number of hydrogen-bond acceptors (Lipinski definition) is 3. The van der Waals surface area contributed by atoms with Crippen molar-refractivity contribution in [3.8, 4) is 5.75 Å². The molecule has 2 fully saturated rings. The lowest BCUT2D eigenvalue weighted by Crippen LogP contribution is -2.43. The quantitative estimate of drug-likeness (QED) is 0.823. The van der Waals surface area contributed by atoms with Crippen molar-refractivity contribution in [3.63, 3.8) is 0 Å². The lowest BCUT2D eigenvalue weighted by atomic mass is 9.74. The molecule has 1 atom stereocenters. The Morgan fingerprint density at radius 1 is 1.16 bits per heavy atom. The maximum atomic E-state index is 12.9. The molecule has 1 heterocycles. The fourth-order valence-corrected chi connectivity index (χ4v) is 4.59. The number of rotatable bonds is 4. The average molecular weight is 343 g/mol. The molecule has 2 saturated carbocycles. The van der Waals surface area contributed by atoms with Crippen molar-refractivity contribution < 1.29 is 14.6 Å². The first-order chi connectivity index (χ1) is 12.2. The minimum absolute atomic E-state index is 0.0186. The smallest absolute Gasteiger partial charge is 0.223 e. The number of nitrogens with one attached hydrogen (secondary N) is 1. The summed E-state index contributed by atoms with van der Waals surface area (Å²) in [5, 5.41) is 13.1. The zero-order valence-electron chi connectivity index (χ0n) is 14.9. The molecular formula is C21H29NO3. The van der Waals surface area contributed by atoms with E-state index in [1.807, 2.05) is 6.07 Å². The molecule has 4 nitrogen and oxygen atoms in total. The molecule has 25 heavy (non-hydrogen) atoms. The van der Waals surface area contributed by atoms with Gasteiger partial charge in [-0.15, -0.1) is 0 Å². The van der Waals surface area contributed by atoms with Crippen molar-refractivity contribution in [2.45, 2.75) is 69.9 Å². The number of hydrogen-bond donors (Lipinski definition) is 2. The number of benzene rings is 1. The van der Waals surface area contributed by atoms with Crippen molar-refractivity contribution in [2.24, 2.45) is 11.8 Å². The Hall–Kier alpha value is -1.55. The first-order valence-electron chi connectivity index (χ1n) is 9.95. The predicted molar refractivity (Wildman–Crippen MR) is 96.4 cm³/mol. The second kappa shape index (κ2) is 7.36. The molecule has 0 unspecified atom stereocenters. The van der Waals surface area contributed by atoms with E-state index in [0.29, 0.717) is 5.92 Å². The van der Waals surface area contributed by atoms with Crippen molar-refractivity contribution in [2.75, 3.05) is 6.61 Å². The van der Waals surface area contributed by atoms with Crippen molar-refractivity contribution in [3.05, 3.63) is 29.3 Å². The van der Waals surface area contributed by atoms with Gasteiger partial charge in [-0.3, -0.25) is 4.79 Å². The molecule has 0 aromatic heterocycles. The number of aliphatic hydroxyl groups excluding tert-OH is 1. The predicted octanol–water partition coefficient (Wildman–Crippen LogP) is 3.52. The molecule has 0 bridgehead atoms. The zero-order chi connectivity index (χ0) is 17.2. The normalized spacial score (nSPS) is 27.6. The van der Waals surface area contributed by atoms with E-state index in [2.05, 4.69) is 17.4 Å². The Bertz CT molecular complexity index is 616. The van der Waals surface area contributed by atoms with Crippen molar-refractivity contribution >= 4 is 5.91 Å². The summed E-state index contributed by atoms with van der Waals surface area (Å²) in [4.78, 5) is 12.9. The van der Waals surface area contributed by atoms with Crippen LogP contribution in [0.4, 0.5) is 0 Å². The Balaban J connectivity index is 1.51. The molecule has 2 N–H and O–H groups in total. The van der Waals surface area contributed by atoms with Gasteiger partial charge in [-0.1, -0.05) is 31.7 Å². The Labute approximate surface area is 150 Å². The van der Waals surface area contributed by atoms with E-state index in [0.717, 1.165) is 44.5 Å². The fraction of sp³-hybridized carbons (Fsp3) is 0.667. The summed E-state index contributed by atoms with van der Waals surface area (Å²) in [5.41, 5.74) is 2.41. The molecular weight excluding hydrogens is 314 g/mol. The summed E-state index contributed by atoms with van der Waals surface area (Å²) in [6.45, 7) is 0.750. The maximum absolute atomic E-state index is 12.9. The van der Waals surface area contributed by atoms with Gasteiger partial charge < -0.3 is 15.2 Å². The molecule has 0 radical (unpaired) electrons. The lowest BCUT2D eigenvalue weighted by Gasteiger charge is -2.39. The summed E-state index contributed by atoms with van der Waals surface area (Å²) >= 11 is 0. The van der Waals surface area contributed by atoms with E-state index in [9.17, 15) is 9.90 Å². The highest BCUT2D eigenvalue weighted by atomic mass is 16.5. The third-order valence-corrected chi connectivity index (χ3v) is 6.22. The van der Waals surface area contributed by atoms with Gasteiger partial charge in [-0.2, -0.15) is 0 Å². The Morgan fingerprint density at radius 2 is 1.92 bits per heavy atom. The minimum atomic E-state index is -0.208. The summed E-state index contributed by atoms with van der Waals surface area (Å²) in [6.07, 6.45) is 9.18. The zero-order valence-corrected chi connectivity index (χ0v) is 14.9. The summed E-state index contributed by atoms with van der Waals surface area (Å²) in [7, 11) is 0. The van der Waals surface area contributed by atoms with Crippen LogP contribution in [-0.2, 0) is 11.2 Å². The molecule has 136 valence electrons. The minimum Gasteiger partial charge on any atom is -0.493 e.